The van der Waals surface area contributed by atoms with Gasteiger partial charge in [-0.2, -0.15) is 11.3 Å². The van der Waals surface area contributed by atoms with Crippen LogP contribution in [0.3, 0.4) is 0 Å². The predicted octanol–water partition coefficient (Wildman–Crippen LogP) is 2.26. The van der Waals surface area contributed by atoms with E-state index in [1.807, 2.05) is 11.4 Å². The van der Waals surface area contributed by atoms with Crippen LogP contribution in [-0.4, -0.2) is 60.4 Å². The minimum atomic E-state index is -3.53. The molecular formula is C19H26N2O5S2. The maximum absolute atomic E-state index is 12.7. The Balaban J connectivity index is 1.70. The number of hydrogen-bond donors (Lipinski definition) is 1. The molecule has 1 atom stereocenters. The first-order chi connectivity index (χ1) is 13.5. The Kier molecular flexibility index (Phi) is 7.30. The van der Waals surface area contributed by atoms with Crippen LogP contribution in [0.15, 0.2) is 35.0 Å². The first kappa shape index (κ1) is 21.1. The summed E-state index contributed by atoms with van der Waals surface area (Å²) in [6, 6.07) is 7.17. The van der Waals surface area contributed by atoms with Gasteiger partial charge in [0, 0.05) is 31.7 Å². The highest BCUT2D eigenvalue weighted by Gasteiger charge is 2.25. The molecule has 28 heavy (non-hydrogen) atoms. The zero-order valence-electron chi connectivity index (χ0n) is 16.1. The van der Waals surface area contributed by atoms with Crippen LogP contribution >= 0.6 is 11.3 Å². The number of methoxy groups -OCH3 is 2. The van der Waals surface area contributed by atoms with Crippen LogP contribution in [0.4, 0.5) is 0 Å². The van der Waals surface area contributed by atoms with Crippen molar-refractivity contribution >= 4 is 21.4 Å². The molecule has 1 aliphatic heterocycles. The number of nitrogens with zero attached hydrogens (tertiary/aromatic N) is 1. The van der Waals surface area contributed by atoms with Crippen LogP contribution in [0.1, 0.15) is 17.2 Å². The van der Waals surface area contributed by atoms with Crippen LogP contribution in [0.2, 0.25) is 0 Å². The fourth-order valence-corrected chi connectivity index (χ4v) is 5.06. The molecule has 1 N–H and O–H groups in total. The van der Waals surface area contributed by atoms with E-state index < -0.39 is 10.0 Å². The molecule has 0 amide bonds. The maximum Gasteiger partial charge on any atom is 0.215 e. The molecule has 0 radical (unpaired) electrons. The number of ether oxygens (including phenoxy) is 3. The van der Waals surface area contributed by atoms with Crippen LogP contribution < -0.4 is 14.2 Å². The summed E-state index contributed by atoms with van der Waals surface area (Å²) in [6.45, 7) is 3.22. The van der Waals surface area contributed by atoms with E-state index in [4.69, 9.17) is 14.2 Å². The third-order valence-electron chi connectivity index (χ3n) is 4.68. The van der Waals surface area contributed by atoms with Crippen molar-refractivity contribution in [2.75, 3.05) is 47.1 Å². The smallest absolute Gasteiger partial charge is 0.215 e. The van der Waals surface area contributed by atoms with Gasteiger partial charge in [-0.15, -0.1) is 0 Å². The highest BCUT2D eigenvalue weighted by Crippen LogP contribution is 2.25. The third kappa shape index (κ3) is 5.68. The lowest BCUT2D eigenvalue weighted by atomic mass is 10.1. The summed E-state index contributed by atoms with van der Waals surface area (Å²) in [7, 11) is -0.443. The van der Waals surface area contributed by atoms with Crippen LogP contribution in [0, 0.1) is 0 Å². The topological polar surface area (TPSA) is 77.1 Å². The second-order valence-corrected chi connectivity index (χ2v) is 9.14. The second kappa shape index (κ2) is 9.71. The van der Waals surface area contributed by atoms with Gasteiger partial charge in [-0.25, -0.2) is 13.1 Å². The summed E-state index contributed by atoms with van der Waals surface area (Å²) in [5.74, 6) is 0.989. The zero-order chi connectivity index (χ0) is 20.0. The Morgan fingerprint density at radius 3 is 2.43 bits per heavy atom. The fourth-order valence-electron chi connectivity index (χ4n) is 3.24. The van der Waals surface area contributed by atoms with Crippen LogP contribution in [0.25, 0.3) is 0 Å². The summed E-state index contributed by atoms with van der Waals surface area (Å²) in [6.07, 6.45) is 0. The molecule has 2 heterocycles. The minimum Gasteiger partial charge on any atom is -0.497 e. The lowest BCUT2D eigenvalue weighted by molar-refractivity contribution is 0.0173. The number of benzene rings is 1. The number of sulfonamides is 1. The molecule has 0 spiro atoms. The zero-order valence-corrected chi connectivity index (χ0v) is 17.7. The van der Waals surface area contributed by atoms with Crippen molar-refractivity contribution in [3.05, 3.63) is 46.2 Å². The Hall–Kier alpha value is -1.65. The van der Waals surface area contributed by atoms with Crippen molar-refractivity contribution in [2.24, 2.45) is 0 Å². The largest absolute Gasteiger partial charge is 0.497 e. The Morgan fingerprint density at radius 2 is 1.86 bits per heavy atom. The van der Waals surface area contributed by atoms with E-state index in [2.05, 4.69) is 15.0 Å². The summed E-state index contributed by atoms with van der Waals surface area (Å²) >= 11 is 1.61. The molecular weight excluding hydrogens is 400 g/mol. The number of rotatable bonds is 9. The van der Waals surface area contributed by atoms with Crippen LogP contribution in [0.5, 0.6) is 11.5 Å². The summed E-state index contributed by atoms with van der Waals surface area (Å²) in [5.41, 5.74) is 1.74. The van der Waals surface area contributed by atoms with Gasteiger partial charge in [0.2, 0.25) is 10.0 Å². The van der Waals surface area contributed by atoms with E-state index in [1.54, 1.807) is 43.8 Å². The van der Waals surface area contributed by atoms with E-state index in [1.165, 1.54) is 0 Å². The van der Waals surface area contributed by atoms with Crippen molar-refractivity contribution < 1.29 is 22.6 Å². The molecule has 3 rings (SSSR count). The van der Waals surface area contributed by atoms with Gasteiger partial charge in [0.15, 0.2) is 0 Å². The molecule has 7 nitrogen and oxygen atoms in total. The van der Waals surface area contributed by atoms with Gasteiger partial charge in [-0.05, 0) is 40.1 Å². The maximum atomic E-state index is 12.7. The number of thiophene rings is 1. The molecule has 1 saturated heterocycles. The van der Waals surface area contributed by atoms with Crippen molar-refractivity contribution in [1.82, 2.24) is 9.62 Å². The number of hydrogen-bond acceptors (Lipinski definition) is 7. The molecule has 1 fully saturated rings. The second-order valence-electron chi connectivity index (χ2n) is 6.55. The molecule has 1 aromatic heterocycles. The van der Waals surface area contributed by atoms with Crippen molar-refractivity contribution in [2.45, 2.75) is 11.8 Å². The van der Waals surface area contributed by atoms with Gasteiger partial charge in [0.1, 0.15) is 11.5 Å². The fraction of sp³-hybridized carbons (Fsp3) is 0.474. The van der Waals surface area contributed by atoms with E-state index in [-0.39, 0.29) is 11.8 Å². The van der Waals surface area contributed by atoms with E-state index in [0.717, 1.165) is 18.7 Å². The van der Waals surface area contributed by atoms with Gasteiger partial charge in [0.05, 0.1) is 33.2 Å². The lowest BCUT2D eigenvalue weighted by Gasteiger charge is -2.34. The van der Waals surface area contributed by atoms with Gasteiger partial charge in [-0.3, -0.25) is 4.90 Å². The molecule has 2 aromatic rings. The summed E-state index contributed by atoms with van der Waals surface area (Å²) < 4.78 is 44.1. The molecule has 1 unspecified atom stereocenters. The average molecular weight is 427 g/mol. The van der Waals surface area contributed by atoms with Crippen LogP contribution in [-0.2, 0) is 20.5 Å². The first-order valence-electron chi connectivity index (χ1n) is 9.04. The Morgan fingerprint density at radius 1 is 1.18 bits per heavy atom. The molecule has 0 bridgehead atoms. The summed E-state index contributed by atoms with van der Waals surface area (Å²) in [4.78, 5) is 2.27. The van der Waals surface area contributed by atoms with E-state index in [0.29, 0.717) is 36.8 Å². The molecule has 154 valence electrons. The third-order valence-corrected chi connectivity index (χ3v) is 6.70. The SMILES string of the molecule is COc1cc(CS(=O)(=O)NCC(c2ccsc2)N2CCOCC2)cc(OC)c1. The van der Waals surface area contributed by atoms with E-state index in [9.17, 15) is 8.42 Å². The van der Waals surface area contributed by atoms with Gasteiger partial charge in [-0.1, -0.05) is 0 Å². The highest BCUT2D eigenvalue weighted by atomic mass is 32.2. The number of morpholine rings is 1. The Labute approximate surface area is 170 Å². The quantitative estimate of drug-likeness (QED) is 0.663. The molecule has 0 saturated carbocycles. The predicted molar refractivity (Wildman–Crippen MR) is 110 cm³/mol. The van der Waals surface area contributed by atoms with E-state index >= 15 is 0 Å². The molecule has 0 aliphatic carbocycles. The van der Waals surface area contributed by atoms with Crippen molar-refractivity contribution in [3.8, 4) is 11.5 Å². The van der Waals surface area contributed by atoms with Crippen molar-refractivity contribution in [3.63, 3.8) is 0 Å². The Bertz CT molecular complexity index is 827. The normalized spacial score (nSPS) is 16.6. The number of nitrogens with one attached hydrogen (secondary N) is 1. The lowest BCUT2D eigenvalue weighted by Crippen LogP contribution is -2.43. The molecule has 1 aromatic carbocycles. The molecule has 1 aliphatic rings. The standard InChI is InChI=1S/C19H26N2O5S2/c1-24-17-9-15(10-18(11-17)25-2)14-28(22,23)20-12-19(16-3-8-27-13-16)21-4-6-26-7-5-21/h3,8-11,13,19-20H,4-7,12,14H2,1-2H3. The summed E-state index contributed by atoms with van der Waals surface area (Å²) in [5, 5.41) is 4.08. The average Bonchev–Trinajstić information content (AvgIpc) is 3.22. The minimum absolute atomic E-state index is 0.00947. The molecule has 9 heteroatoms. The van der Waals surface area contributed by atoms with Gasteiger partial charge >= 0.3 is 0 Å². The van der Waals surface area contributed by atoms with Crippen molar-refractivity contribution in [1.29, 1.82) is 0 Å². The van der Waals surface area contributed by atoms with Gasteiger partial charge in [0.25, 0.3) is 0 Å². The first-order valence-corrected chi connectivity index (χ1v) is 11.6. The van der Waals surface area contributed by atoms with Gasteiger partial charge < -0.3 is 14.2 Å². The monoisotopic (exact) mass is 426 g/mol. The highest BCUT2D eigenvalue weighted by molar-refractivity contribution is 7.88.